The van der Waals surface area contributed by atoms with Crippen molar-refractivity contribution in [2.45, 2.75) is 39.7 Å². The van der Waals surface area contributed by atoms with E-state index in [1.165, 1.54) is 18.1 Å². The van der Waals surface area contributed by atoms with Gasteiger partial charge in [-0.25, -0.2) is 0 Å². The third-order valence-corrected chi connectivity index (χ3v) is 6.58. The van der Waals surface area contributed by atoms with Gasteiger partial charge in [-0.2, -0.15) is 0 Å². The van der Waals surface area contributed by atoms with Crippen molar-refractivity contribution in [2.75, 3.05) is 12.0 Å². The molecule has 1 aliphatic rings. The number of aliphatic hydroxyl groups is 1. The number of ether oxygens (including phenoxy) is 1. The number of carbonyl (C=O) groups is 2. The van der Waals surface area contributed by atoms with Gasteiger partial charge in [0.05, 0.1) is 18.7 Å². The van der Waals surface area contributed by atoms with Crippen LogP contribution in [-0.2, 0) is 9.59 Å². The topological polar surface area (TPSA) is 87.1 Å². The number of rotatable bonds is 5. The quantitative estimate of drug-likeness (QED) is 0.280. The van der Waals surface area contributed by atoms with Gasteiger partial charge >= 0.3 is 0 Å². The van der Waals surface area contributed by atoms with E-state index in [4.69, 9.17) is 4.74 Å². The minimum absolute atomic E-state index is 0.0317. The number of methoxy groups -OCH3 is 1. The Hall–Kier alpha value is -4.06. The first-order chi connectivity index (χ1) is 16.6. The molecule has 6 heteroatoms. The van der Waals surface area contributed by atoms with Gasteiger partial charge in [0.2, 0.25) is 0 Å². The molecule has 0 aliphatic carbocycles. The van der Waals surface area contributed by atoms with Gasteiger partial charge in [0.1, 0.15) is 5.76 Å². The van der Waals surface area contributed by atoms with Crippen LogP contribution in [0.25, 0.3) is 5.76 Å². The average Bonchev–Trinajstić information content (AvgIpc) is 3.10. The number of ketones is 1. The van der Waals surface area contributed by atoms with Gasteiger partial charge in [0.25, 0.3) is 11.7 Å². The highest BCUT2D eigenvalue weighted by molar-refractivity contribution is 6.51. The number of hydrogen-bond acceptors (Lipinski definition) is 5. The summed E-state index contributed by atoms with van der Waals surface area (Å²) in [4.78, 5) is 28.0. The Morgan fingerprint density at radius 1 is 0.943 bits per heavy atom. The van der Waals surface area contributed by atoms with Gasteiger partial charge in [0, 0.05) is 11.3 Å². The Labute approximate surface area is 205 Å². The summed E-state index contributed by atoms with van der Waals surface area (Å²) < 4.78 is 5.16. The van der Waals surface area contributed by atoms with Crippen LogP contribution in [0.2, 0.25) is 0 Å². The standard InChI is InChI=1S/C29H29NO5/c1-16(2)19-8-11-22(12-9-19)30-26(20-10-13-24(35-5)23(31)15-20)25(28(33)29(30)34)27(32)21-7-6-17(3)18(4)14-21/h6-16,26,31-32H,1-5H3/b27-25-. The van der Waals surface area contributed by atoms with E-state index in [0.717, 1.165) is 16.7 Å². The molecule has 35 heavy (non-hydrogen) atoms. The molecule has 0 radical (unpaired) electrons. The summed E-state index contributed by atoms with van der Waals surface area (Å²) >= 11 is 0. The molecule has 180 valence electrons. The molecule has 3 aromatic carbocycles. The van der Waals surface area contributed by atoms with Crippen molar-refractivity contribution >= 4 is 23.1 Å². The Balaban J connectivity index is 1.94. The van der Waals surface area contributed by atoms with Crippen LogP contribution < -0.4 is 9.64 Å². The lowest BCUT2D eigenvalue weighted by atomic mass is 9.93. The summed E-state index contributed by atoms with van der Waals surface area (Å²) in [5, 5.41) is 21.8. The van der Waals surface area contributed by atoms with E-state index in [0.29, 0.717) is 22.7 Å². The number of aromatic hydroxyl groups is 1. The van der Waals surface area contributed by atoms with Crippen LogP contribution in [0.5, 0.6) is 11.5 Å². The zero-order valence-electron chi connectivity index (χ0n) is 20.5. The third-order valence-electron chi connectivity index (χ3n) is 6.58. The van der Waals surface area contributed by atoms with Crippen molar-refractivity contribution in [1.82, 2.24) is 0 Å². The molecule has 1 amide bonds. The molecule has 0 bridgehead atoms. The molecule has 1 atom stereocenters. The average molecular weight is 472 g/mol. The van der Waals surface area contributed by atoms with Crippen LogP contribution in [0.1, 0.15) is 53.6 Å². The summed E-state index contributed by atoms with van der Waals surface area (Å²) in [6.45, 7) is 8.02. The maximum atomic E-state index is 13.3. The number of aryl methyl sites for hydroxylation is 2. The van der Waals surface area contributed by atoms with Gasteiger partial charge in [-0.3, -0.25) is 14.5 Å². The van der Waals surface area contributed by atoms with E-state index in [-0.39, 0.29) is 22.8 Å². The maximum absolute atomic E-state index is 13.3. The number of benzene rings is 3. The zero-order valence-corrected chi connectivity index (χ0v) is 20.5. The van der Waals surface area contributed by atoms with Crippen molar-refractivity contribution in [1.29, 1.82) is 0 Å². The van der Waals surface area contributed by atoms with Crippen molar-refractivity contribution in [3.63, 3.8) is 0 Å². The molecular weight excluding hydrogens is 442 g/mol. The second-order valence-electron chi connectivity index (χ2n) is 9.15. The fourth-order valence-electron chi connectivity index (χ4n) is 4.36. The monoisotopic (exact) mass is 471 g/mol. The number of carbonyl (C=O) groups excluding carboxylic acids is 2. The number of phenols is 1. The van der Waals surface area contributed by atoms with Crippen molar-refractivity contribution in [3.8, 4) is 11.5 Å². The van der Waals surface area contributed by atoms with Crippen LogP contribution in [0.15, 0.2) is 66.2 Å². The van der Waals surface area contributed by atoms with Gasteiger partial charge in [-0.05, 0) is 72.4 Å². The second-order valence-corrected chi connectivity index (χ2v) is 9.15. The number of aliphatic hydroxyl groups excluding tert-OH is 1. The SMILES string of the molecule is COc1ccc(C2/C(=C(/O)c3ccc(C)c(C)c3)C(=O)C(=O)N2c2ccc(C(C)C)cc2)cc1O. The maximum Gasteiger partial charge on any atom is 0.300 e. The highest BCUT2D eigenvalue weighted by atomic mass is 16.5. The summed E-state index contributed by atoms with van der Waals surface area (Å²) in [6.07, 6.45) is 0. The normalized spacial score (nSPS) is 17.3. The highest BCUT2D eigenvalue weighted by Gasteiger charge is 2.47. The van der Waals surface area contributed by atoms with Crippen LogP contribution in [0.3, 0.4) is 0 Å². The van der Waals surface area contributed by atoms with Crippen LogP contribution in [-0.4, -0.2) is 29.0 Å². The van der Waals surface area contributed by atoms with Crippen LogP contribution >= 0.6 is 0 Å². The summed E-state index contributed by atoms with van der Waals surface area (Å²) in [6, 6.07) is 16.6. The number of hydrogen-bond donors (Lipinski definition) is 2. The lowest BCUT2D eigenvalue weighted by Crippen LogP contribution is -2.29. The smallest absolute Gasteiger partial charge is 0.300 e. The third kappa shape index (κ3) is 4.28. The lowest BCUT2D eigenvalue weighted by Gasteiger charge is -2.26. The molecule has 6 nitrogen and oxygen atoms in total. The highest BCUT2D eigenvalue weighted by Crippen LogP contribution is 2.44. The van der Waals surface area contributed by atoms with Gasteiger partial charge in [-0.15, -0.1) is 0 Å². The first-order valence-corrected chi connectivity index (χ1v) is 11.5. The number of amides is 1. The predicted molar refractivity (Wildman–Crippen MR) is 136 cm³/mol. The Bertz CT molecular complexity index is 1340. The molecule has 3 aromatic rings. The molecular formula is C29H29NO5. The van der Waals surface area contributed by atoms with Crippen LogP contribution in [0.4, 0.5) is 5.69 Å². The van der Waals surface area contributed by atoms with Crippen LogP contribution in [0, 0.1) is 13.8 Å². The molecule has 1 aliphatic heterocycles. The van der Waals surface area contributed by atoms with Gasteiger partial charge in [0.15, 0.2) is 11.5 Å². The Kier molecular flexibility index (Phi) is 6.39. The fraction of sp³-hybridized carbons (Fsp3) is 0.241. The first kappa shape index (κ1) is 24.1. The van der Waals surface area contributed by atoms with E-state index < -0.39 is 17.7 Å². The Morgan fingerprint density at radius 3 is 2.20 bits per heavy atom. The van der Waals surface area contributed by atoms with Crippen molar-refractivity contribution < 1.29 is 24.5 Å². The van der Waals surface area contributed by atoms with E-state index in [1.807, 2.05) is 32.0 Å². The molecule has 0 aromatic heterocycles. The summed E-state index contributed by atoms with van der Waals surface area (Å²) in [5.74, 6) is -1.34. The molecule has 1 saturated heterocycles. The number of Topliss-reactive ketones (excluding diaryl/α,β-unsaturated/α-hetero) is 1. The van der Waals surface area contributed by atoms with Crippen molar-refractivity contribution in [3.05, 3.63) is 94.1 Å². The minimum atomic E-state index is -0.932. The largest absolute Gasteiger partial charge is 0.507 e. The number of anilines is 1. The molecule has 1 unspecified atom stereocenters. The molecule has 0 spiro atoms. The van der Waals surface area contributed by atoms with Gasteiger partial charge < -0.3 is 14.9 Å². The fourth-order valence-corrected chi connectivity index (χ4v) is 4.36. The zero-order chi connectivity index (χ0) is 25.4. The first-order valence-electron chi connectivity index (χ1n) is 11.5. The Morgan fingerprint density at radius 2 is 1.63 bits per heavy atom. The molecule has 1 heterocycles. The van der Waals surface area contributed by atoms with Gasteiger partial charge in [-0.1, -0.05) is 44.2 Å². The molecule has 1 fully saturated rings. The van der Waals surface area contributed by atoms with E-state index in [9.17, 15) is 19.8 Å². The lowest BCUT2D eigenvalue weighted by molar-refractivity contribution is -0.132. The molecule has 4 rings (SSSR count). The molecule has 0 saturated carbocycles. The number of phenolic OH excluding ortho intramolecular Hbond substituents is 1. The van der Waals surface area contributed by atoms with E-state index in [2.05, 4.69) is 13.8 Å². The summed E-state index contributed by atoms with van der Waals surface area (Å²) in [7, 11) is 1.44. The molecule has 2 N–H and O–H groups in total. The van der Waals surface area contributed by atoms with E-state index >= 15 is 0 Å². The predicted octanol–water partition coefficient (Wildman–Crippen LogP) is 5.77. The van der Waals surface area contributed by atoms with Crippen molar-refractivity contribution in [2.24, 2.45) is 0 Å². The minimum Gasteiger partial charge on any atom is -0.507 e. The summed E-state index contributed by atoms with van der Waals surface area (Å²) in [5.41, 5.74) is 4.51. The second kappa shape index (κ2) is 9.29. The van der Waals surface area contributed by atoms with E-state index in [1.54, 1.807) is 36.4 Å². The number of nitrogens with zero attached hydrogens (tertiary/aromatic N) is 1.